The zero-order chi connectivity index (χ0) is 7.57. The molecule has 0 bridgehead atoms. The molecule has 0 atom stereocenters. The maximum atomic E-state index is 13.4. The topological polar surface area (TPSA) is 0 Å². The van der Waals surface area contributed by atoms with Gasteiger partial charge in [0, 0.05) is 0 Å². The van der Waals surface area contributed by atoms with Crippen LogP contribution in [0.5, 0.6) is 0 Å². The summed E-state index contributed by atoms with van der Waals surface area (Å²) in [6, 6.07) is 0. The summed E-state index contributed by atoms with van der Waals surface area (Å²) in [5, 5.41) is 0. The van der Waals surface area contributed by atoms with Gasteiger partial charge in [-0.3, -0.25) is 0 Å². The van der Waals surface area contributed by atoms with E-state index in [4.69, 9.17) is 0 Å². The Labute approximate surface area is 57.9 Å². The first-order valence-corrected chi connectivity index (χ1v) is 7.19. The quantitative estimate of drug-likeness (QED) is 0.545. The van der Waals surface area contributed by atoms with Crippen LogP contribution in [0.25, 0.3) is 0 Å². The van der Waals surface area contributed by atoms with Gasteiger partial charge in [-0.15, -0.1) is 0 Å². The van der Waals surface area contributed by atoms with E-state index in [-0.39, 0.29) is 0 Å². The second-order valence-corrected chi connectivity index (χ2v) is 10.3. The molecule has 0 aromatic heterocycles. The molecule has 0 radical (unpaired) electrons. The van der Waals surface area contributed by atoms with Gasteiger partial charge in [-0.05, 0) is 0 Å². The summed E-state index contributed by atoms with van der Waals surface area (Å²) in [5.41, 5.74) is 0. The zero-order valence-corrected chi connectivity index (χ0v) is 7.84. The third kappa shape index (κ3) is 8.36. The second-order valence-electron chi connectivity index (χ2n) is 3.99. The molecule has 0 aliphatic heterocycles. The Morgan fingerprint density at radius 1 is 1.22 bits per heavy atom. The summed E-state index contributed by atoms with van der Waals surface area (Å²) in [6.07, 6.45) is 2.94. The first kappa shape index (κ1) is 9.36. The van der Waals surface area contributed by atoms with Crippen molar-refractivity contribution in [3.63, 3.8) is 0 Å². The molecule has 0 saturated heterocycles. The van der Waals surface area contributed by atoms with Gasteiger partial charge in [-0.1, -0.05) is 0 Å². The molecule has 0 fully saturated rings. The molecular weight excluding hydrogens is 134 g/mol. The average molecular weight is 152 g/mol. The van der Waals surface area contributed by atoms with Gasteiger partial charge in [0.1, 0.15) is 0 Å². The van der Waals surface area contributed by atoms with Gasteiger partial charge in [0.2, 0.25) is 0 Å². The Kier molecular flexibility index (Phi) is 2.64. The minimum absolute atomic E-state index is 0.794. The van der Waals surface area contributed by atoms with Gasteiger partial charge in [-0.25, -0.2) is 0 Å². The first-order valence-electron chi connectivity index (χ1n) is 3.53. The predicted octanol–water partition coefficient (Wildman–Crippen LogP) is 3.11. The molecule has 0 aliphatic rings. The van der Waals surface area contributed by atoms with Crippen LogP contribution in [0, 0.1) is 0 Å². The predicted molar refractivity (Wildman–Crippen MR) is 45.6 cm³/mol. The van der Waals surface area contributed by atoms with Crippen molar-refractivity contribution in [2.75, 3.05) is 26.2 Å². The molecule has 2 heteroatoms. The molecule has 0 aliphatic carbocycles. The Hall–Kier alpha value is 0.360. The van der Waals surface area contributed by atoms with Crippen LogP contribution < -0.4 is 0 Å². The van der Waals surface area contributed by atoms with Crippen molar-refractivity contribution in [3.8, 4) is 0 Å². The van der Waals surface area contributed by atoms with Crippen molar-refractivity contribution in [1.82, 2.24) is 0 Å². The Bertz CT molecular complexity index is 81.6. The van der Waals surface area contributed by atoms with Crippen LogP contribution in [0.3, 0.4) is 0 Å². The SMILES string of the molecule is CCCCP(C)(C)(C)F. The summed E-state index contributed by atoms with van der Waals surface area (Å²) in [4.78, 5) is 0. The van der Waals surface area contributed by atoms with Crippen LogP contribution in [0.2, 0.25) is 0 Å². The average Bonchev–Trinajstić information content (AvgIpc) is 1.57. The van der Waals surface area contributed by atoms with Gasteiger partial charge in [0.25, 0.3) is 0 Å². The van der Waals surface area contributed by atoms with Crippen molar-refractivity contribution < 1.29 is 4.20 Å². The molecule has 0 aromatic carbocycles. The Morgan fingerprint density at radius 3 is 1.78 bits per heavy atom. The molecule has 0 nitrogen and oxygen atoms in total. The molecule has 0 amide bonds. The van der Waals surface area contributed by atoms with Gasteiger partial charge in [0.15, 0.2) is 0 Å². The maximum absolute atomic E-state index is 13.4. The van der Waals surface area contributed by atoms with Crippen LogP contribution in [-0.4, -0.2) is 26.2 Å². The van der Waals surface area contributed by atoms with Crippen LogP contribution in [0.1, 0.15) is 19.8 Å². The molecule has 0 aromatic rings. The molecule has 0 saturated carbocycles. The van der Waals surface area contributed by atoms with Crippen LogP contribution in [0.15, 0.2) is 0 Å². The molecule has 0 N–H and O–H groups in total. The van der Waals surface area contributed by atoms with Gasteiger partial charge >= 0.3 is 57.0 Å². The van der Waals surface area contributed by atoms with Gasteiger partial charge < -0.3 is 0 Å². The summed E-state index contributed by atoms with van der Waals surface area (Å²) >= 11 is 0. The van der Waals surface area contributed by atoms with E-state index in [2.05, 4.69) is 6.92 Å². The molecule has 0 rings (SSSR count). The van der Waals surface area contributed by atoms with E-state index < -0.39 is 6.91 Å². The van der Waals surface area contributed by atoms with E-state index in [1.54, 1.807) is 20.0 Å². The number of halogens is 1. The molecule has 0 spiro atoms. The Morgan fingerprint density at radius 2 is 1.67 bits per heavy atom. The Balaban J connectivity index is 3.60. The molecule has 9 heavy (non-hydrogen) atoms. The number of hydrogen-bond acceptors (Lipinski definition) is 0. The summed E-state index contributed by atoms with van der Waals surface area (Å²) in [5.74, 6) is 0. The minimum atomic E-state index is -2.63. The van der Waals surface area contributed by atoms with E-state index in [1.807, 2.05) is 0 Å². The molecular formula is C7H18FP. The van der Waals surface area contributed by atoms with Crippen LogP contribution in [-0.2, 0) is 0 Å². The van der Waals surface area contributed by atoms with E-state index in [1.165, 1.54) is 0 Å². The normalized spacial score (nSPS) is 16.8. The van der Waals surface area contributed by atoms with Crippen molar-refractivity contribution in [1.29, 1.82) is 0 Å². The third-order valence-corrected chi connectivity index (χ3v) is 3.09. The fourth-order valence-electron chi connectivity index (χ4n) is 0.692. The van der Waals surface area contributed by atoms with E-state index in [9.17, 15) is 4.20 Å². The van der Waals surface area contributed by atoms with Gasteiger partial charge in [0.05, 0.1) is 0 Å². The fourth-order valence-corrected chi connectivity index (χ4v) is 2.08. The molecule has 58 valence electrons. The van der Waals surface area contributed by atoms with E-state index in [0.29, 0.717) is 0 Å². The zero-order valence-electron chi connectivity index (χ0n) is 6.95. The number of hydrogen-bond donors (Lipinski definition) is 0. The number of rotatable bonds is 3. The summed E-state index contributed by atoms with van der Waals surface area (Å²) in [7, 11) is 0. The molecule has 0 heterocycles. The van der Waals surface area contributed by atoms with Crippen molar-refractivity contribution in [2.45, 2.75) is 19.8 Å². The van der Waals surface area contributed by atoms with Crippen molar-refractivity contribution >= 4 is 6.91 Å². The molecule has 0 unspecified atom stereocenters. The first-order chi connectivity index (χ1) is 3.81. The van der Waals surface area contributed by atoms with Crippen LogP contribution in [0.4, 0.5) is 4.20 Å². The number of unbranched alkanes of at least 4 members (excludes halogenated alkanes) is 1. The van der Waals surface area contributed by atoms with Crippen molar-refractivity contribution in [3.05, 3.63) is 0 Å². The monoisotopic (exact) mass is 152 g/mol. The van der Waals surface area contributed by atoms with Gasteiger partial charge in [-0.2, -0.15) is 0 Å². The fraction of sp³-hybridized carbons (Fsp3) is 1.00. The van der Waals surface area contributed by atoms with Crippen molar-refractivity contribution in [2.24, 2.45) is 0 Å². The summed E-state index contributed by atoms with van der Waals surface area (Å²) < 4.78 is 13.4. The van der Waals surface area contributed by atoms with E-state index >= 15 is 0 Å². The van der Waals surface area contributed by atoms with E-state index in [0.717, 1.165) is 19.0 Å². The summed E-state index contributed by atoms with van der Waals surface area (Å²) in [6.45, 7) is 4.81. The second kappa shape index (κ2) is 2.54. The third-order valence-electron chi connectivity index (χ3n) is 1.27. The standard InChI is InChI=1S/C7H18FP/c1-5-6-7-9(2,3,4)8/h5-7H2,1-4H3. The van der Waals surface area contributed by atoms with Crippen LogP contribution >= 0.6 is 6.91 Å².